The molecule has 3 heterocycles. The molecule has 3 aliphatic heterocycles. The standard InChI is InChI=1S/C27H35BrN2O6/c1-2-35-26(34)20-21-25(33)30(18(15-31)13-16-9-5-3-6-10-16)23(27(21)14-19(28)22(20)36-27)24(32)29-17-11-7-4-8-12-17/h3,5-6,9-10,17-23,31H,2,4,7-8,11-15H2,1H3,(H,29,32)/t18-,19?,20-,21+,22-,23?,27?/m1/s1. The first kappa shape index (κ1) is 25.7. The lowest BCUT2D eigenvalue weighted by molar-refractivity contribution is -0.155. The molecule has 4 fully saturated rings. The third kappa shape index (κ3) is 4.27. The molecule has 4 aliphatic rings. The monoisotopic (exact) mass is 562 g/mol. The van der Waals surface area contributed by atoms with Crippen LogP contribution in [0.2, 0.25) is 0 Å². The number of amides is 2. The summed E-state index contributed by atoms with van der Waals surface area (Å²) in [5.74, 6) is -2.64. The number of hydrogen-bond donors (Lipinski definition) is 2. The smallest absolute Gasteiger partial charge is 0.312 e. The molecule has 2 amide bonds. The molecule has 1 aromatic carbocycles. The Labute approximate surface area is 220 Å². The van der Waals surface area contributed by atoms with Crippen LogP contribution in [0.5, 0.6) is 0 Å². The number of carbonyl (C=O) groups is 3. The van der Waals surface area contributed by atoms with E-state index in [1.54, 1.807) is 6.92 Å². The van der Waals surface area contributed by atoms with Crippen LogP contribution >= 0.6 is 15.9 Å². The Kier molecular flexibility index (Phi) is 7.43. The summed E-state index contributed by atoms with van der Waals surface area (Å²) in [7, 11) is 0. The van der Waals surface area contributed by atoms with Crippen molar-refractivity contribution < 1.29 is 29.0 Å². The average Bonchev–Trinajstić information content (AvgIpc) is 3.47. The highest BCUT2D eigenvalue weighted by atomic mass is 79.9. The molecule has 196 valence electrons. The molecule has 5 rings (SSSR count). The Hall–Kier alpha value is -1.97. The van der Waals surface area contributed by atoms with Gasteiger partial charge in [0.1, 0.15) is 11.6 Å². The summed E-state index contributed by atoms with van der Waals surface area (Å²) in [6.45, 7) is 1.63. The van der Waals surface area contributed by atoms with Crippen LogP contribution in [0.25, 0.3) is 0 Å². The first-order valence-electron chi connectivity index (χ1n) is 13.2. The van der Waals surface area contributed by atoms with Gasteiger partial charge in [0.15, 0.2) is 0 Å². The molecule has 0 radical (unpaired) electrons. The Morgan fingerprint density at radius 1 is 1.25 bits per heavy atom. The minimum atomic E-state index is -1.14. The molecule has 1 spiro atoms. The molecule has 7 atom stereocenters. The van der Waals surface area contributed by atoms with Crippen molar-refractivity contribution in [3.8, 4) is 0 Å². The van der Waals surface area contributed by atoms with Crippen LogP contribution in [0.3, 0.4) is 0 Å². The number of nitrogens with zero attached hydrogens (tertiary/aromatic N) is 1. The minimum absolute atomic E-state index is 0.0552. The van der Waals surface area contributed by atoms with Gasteiger partial charge in [-0.1, -0.05) is 65.5 Å². The SMILES string of the molecule is CCOC(=O)[C@H]1[C@@H]2OC3(CC2Br)C(C(=O)NC2CCCCC2)N([C@@H](CO)Cc2ccccc2)C(=O)[C@H]13. The van der Waals surface area contributed by atoms with Gasteiger partial charge in [0.05, 0.1) is 37.2 Å². The van der Waals surface area contributed by atoms with Crippen molar-refractivity contribution in [2.24, 2.45) is 11.8 Å². The van der Waals surface area contributed by atoms with Crippen LogP contribution in [0.15, 0.2) is 30.3 Å². The molecule has 1 aliphatic carbocycles. The second kappa shape index (κ2) is 10.4. The van der Waals surface area contributed by atoms with E-state index in [0.29, 0.717) is 12.8 Å². The zero-order valence-electron chi connectivity index (χ0n) is 20.6. The molecule has 36 heavy (non-hydrogen) atoms. The third-order valence-electron chi connectivity index (χ3n) is 8.40. The van der Waals surface area contributed by atoms with Gasteiger partial charge in [-0.2, -0.15) is 0 Å². The first-order valence-corrected chi connectivity index (χ1v) is 14.1. The van der Waals surface area contributed by atoms with Crippen LogP contribution in [-0.2, 0) is 30.3 Å². The van der Waals surface area contributed by atoms with E-state index in [0.717, 1.165) is 37.7 Å². The number of likely N-dealkylation sites (tertiary alicyclic amines) is 1. The number of hydrogen-bond acceptors (Lipinski definition) is 6. The number of halogens is 1. The lowest BCUT2D eigenvalue weighted by Crippen LogP contribution is -2.59. The van der Waals surface area contributed by atoms with Crippen molar-refractivity contribution in [2.45, 2.75) is 86.5 Å². The van der Waals surface area contributed by atoms with Gasteiger partial charge in [0, 0.05) is 10.9 Å². The van der Waals surface area contributed by atoms with Gasteiger partial charge in [-0.05, 0) is 38.2 Å². The predicted molar refractivity (Wildman–Crippen MR) is 135 cm³/mol. The number of carbonyl (C=O) groups excluding carboxylic acids is 3. The van der Waals surface area contributed by atoms with Crippen molar-refractivity contribution in [1.82, 2.24) is 10.2 Å². The molecule has 8 nitrogen and oxygen atoms in total. The number of ether oxygens (including phenoxy) is 2. The molecule has 3 saturated heterocycles. The second-order valence-corrected chi connectivity index (χ2v) is 11.7. The van der Waals surface area contributed by atoms with Gasteiger partial charge in [-0.25, -0.2) is 0 Å². The van der Waals surface area contributed by atoms with Gasteiger partial charge in [-0.3, -0.25) is 14.4 Å². The normalized spacial score (nSPS) is 34.5. The number of nitrogens with one attached hydrogen (secondary N) is 1. The maximum Gasteiger partial charge on any atom is 0.312 e. The van der Waals surface area contributed by atoms with Crippen molar-refractivity contribution >= 4 is 33.7 Å². The molecule has 0 aromatic heterocycles. The zero-order valence-corrected chi connectivity index (χ0v) is 22.2. The maximum atomic E-state index is 14.1. The van der Waals surface area contributed by atoms with E-state index < -0.39 is 41.6 Å². The van der Waals surface area contributed by atoms with E-state index in [1.165, 1.54) is 4.90 Å². The summed E-state index contributed by atoms with van der Waals surface area (Å²) in [6, 6.07) is 8.12. The fourth-order valence-corrected chi connectivity index (χ4v) is 7.87. The maximum absolute atomic E-state index is 14.1. The van der Waals surface area contributed by atoms with Gasteiger partial charge < -0.3 is 24.8 Å². The largest absolute Gasteiger partial charge is 0.466 e. The first-order chi connectivity index (χ1) is 17.4. The lowest BCUT2D eigenvalue weighted by Gasteiger charge is -2.38. The molecular formula is C27H35BrN2O6. The van der Waals surface area contributed by atoms with Crippen molar-refractivity contribution in [1.29, 1.82) is 0 Å². The number of aliphatic hydroxyl groups excluding tert-OH is 1. The summed E-state index contributed by atoms with van der Waals surface area (Å²) in [6.07, 6.45) is 5.40. The van der Waals surface area contributed by atoms with Gasteiger partial charge >= 0.3 is 5.97 Å². The van der Waals surface area contributed by atoms with Gasteiger partial charge in [0.2, 0.25) is 11.8 Å². The fraction of sp³-hybridized carbons (Fsp3) is 0.667. The van der Waals surface area contributed by atoms with Crippen molar-refractivity contribution in [2.75, 3.05) is 13.2 Å². The number of rotatable bonds is 8. The highest BCUT2D eigenvalue weighted by Gasteiger charge is 2.77. The Balaban J connectivity index is 1.52. The lowest BCUT2D eigenvalue weighted by atomic mass is 9.70. The highest BCUT2D eigenvalue weighted by Crippen LogP contribution is 2.60. The van der Waals surface area contributed by atoms with Crippen LogP contribution < -0.4 is 5.32 Å². The zero-order chi connectivity index (χ0) is 25.4. The van der Waals surface area contributed by atoms with Crippen LogP contribution in [-0.4, -0.2) is 75.7 Å². The van der Waals surface area contributed by atoms with E-state index >= 15 is 0 Å². The summed E-state index contributed by atoms with van der Waals surface area (Å²) in [4.78, 5) is 42.5. The summed E-state index contributed by atoms with van der Waals surface area (Å²) in [5, 5.41) is 13.7. The summed E-state index contributed by atoms with van der Waals surface area (Å²) >= 11 is 3.67. The van der Waals surface area contributed by atoms with E-state index in [9.17, 15) is 19.5 Å². The van der Waals surface area contributed by atoms with Gasteiger partial charge in [-0.15, -0.1) is 0 Å². The average molecular weight is 563 g/mol. The quantitative estimate of drug-likeness (QED) is 0.372. The molecule has 2 bridgehead atoms. The van der Waals surface area contributed by atoms with Crippen LogP contribution in [0.1, 0.15) is 51.0 Å². The molecule has 1 aromatic rings. The van der Waals surface area contributed by atoms with E-state index in [-0.39, 0.29) is 35.9 Å². The molecular weight excluding hydrogens is 528 g/mol. The topological polar surface area (TPSA) is 105 Å². The Bertz CT molecular complexity index is 986. The molecule has 9 heteroatoms. The number of esters is 1. The van der Waals surface area contributed by atoms with Crippen molar-refractivity contribution in [3.63, 3.8) is 0 Å². The molecule has 2 N–H and O–H groups in total. The number of fused-ring (bicyclic) bond motifs is 1. The number of alkyl halides is 1. The highest BCUT2D eigenvalue weighted by molar-refractivity contribution is 9.09. The summed E-state index contributed by atoms with van der Waals surface area (Å²) < 4.78 is 11.8. The summed E-state index contributed by atoms with van der Waals surface area (Å²) in [5.41, 5.74) is -0.188. The van der Waals surface area contributed by atoms with Crippen molar-refractivity contribution in [3.05, 3.63) is 35.9 Å². The third-order valence-corrected chi connectivity index (χ3v) is 9.25. The number of aliphatic hydroxyl groups is 1. The van der Waals surface area contributed by atoms with Crippen LogP contribution in [0.4, 0.5) is 0 Å². The minimum Gasteiger partial charge on any atom is -0.466 e. The van der Waals surface area contributed by atoms with E-state index in [2.05, 4.69) is 21.2 Å². The van der Waals surface area contributed by atoms with Crippen LogP contribution in [0, 0.1) is 11.8 Å². The molecule has 1 saturated carbocycles. The number of benzene rings is 1. The van der Waals surface area contributed by atoms with E-state index in [1.807, 2.05) is 30.3 Å². The molecule has 3 unspecified atom stereocenters. The predicted octanol–water partition coefficient (Wildman–Crippen LogP) is 2.35. The van der Waals surface area contributed by atoms with Gasteiger partial charge in [0.25, 0.3) is 0 Å². The second-order valence-electron chi connectivity index (χ2n) is 10.5. The fourth-order valence-electron chi connectivity index (χ4n) is 6.93. The van der Waals surface area contributed by atoms with E-state index in [4.69, 9.17) is 9.47 Å². The Morgan fingerprint density at radius 3 is 2.64 bits per heavy atom. The Morgan fingerprint density at radius 2 is 1.97 bits per heavy atom.